The van der Waals surface area contributed by atoms with Crippen LogP contribution in [0.2, 0.25) is 0 Å². The Morgan fingerprint density at radius 2 is 1.96 bits per heavy atom. The number of phenolic OH excluding ortho intramolecular Hbond substituents is 2. The van der Waals surface area contributed by atoms with E-state index in [-0.39, 0.29) is 30.7 Å². The Hall–Kier alpha value is -3.26. The highest BCUT2D eigenvalue weighted by atomic mass is 32.1. The van der Waals surface area contributed by atoms with Gasteiger partial charge < -0.3 is 25.0 Å². The minimum atomic E-state index is -0.234. The topological polar surface area (TPSA) is 101 Å². The van der Waals surface area contributed by atoms with Crippen LogP contribution in [0.1, 0.15) is 15.4 Å². The minimum absolute atomic E-state index is 0.162. The first-order valence-corrected chi connectivity index (χ1v) is 8.63. The molecule has 3 aromatic rings. The number of phenols is 2. The number of thiazole rings is 1. The maximum absolute atomic E-state index is 12.3. The van der Waals surface area contributed by atoms with Crippen molar-refractivity contribution < 1.29 is 24.5 Å². The number of fused-ring (bicyclic) bond motifs is 1. The fraction of sp³-hybridized carbons (Fsp3) is 0.111. The molecule has 1 aromatic heterocycles. The lowest BCUT2D eigenvalue weighted by Gasteiger charge is -2.04. The van der Waals surface area contributed by atoms with Crippen LogP contribution in [0, 0.1) is 0 Å². The van der Waals surface area contributed by atoms with Gasteiger partial charge in [-0.25, -0.2) is 4.98 Å². The monoisotopic (exact) mass is 370 g/mol. The predicted molar refractivity (Wildman–Crippen MR) is 94.6 cm³/mol. The van der Waals surface area contributed by atoms with Crippen LogP contribution in [0.4, 0.5) is 0 Å². The van der Waals surface area contributed by atoms with Crippen molar-refractivity contribution in [2.75, 3.05) is 6.79 Å². The Kier molecular flexibility index (Phi) is 4.10. The van der Waals surface area contributed by atoms with Gasteiger partial charge in [-0.2, -0.15) is 0 Å². The lowest BCUT2D eigenvalue weighted by Crippen LogP contribution is -2.22. The van der Waals surface area contributed by atoms with Gasteiger partial charge in [-0.3, -0.25) is 4.79 Å². The summed E-state index contributed by atoms with van der Waals surface area (Å²) in [4.78, 5) is 16.7. The number of benzene rings is 2. The molecule has 0 aliphatic carbocycles. The molecule has 26 heavy (non-hydrogen) atoms. The summed E-state index contributed by atoms with van der Waals surface area (Å²) in [5.74, 6) is 0.570. The van der Waals surface area contributed by atoms with Gasteiger partial charge in [0.05, 0.1) is 12.2 Å². The number of aromatic hydroxyl groups is 2. The Morgan fingerprint density at radius 3 is 2.81 bits per heavy atom. The van der Waals surface area contributed by atoms with Crippen LogP contribution in [-0.2, 0) is 6.54 Å². The molecule has 0 unspecified atom stereocenters. The number of aromatic nitrogens is 1. The Labute approximate surface area is 152 Å². The molecule has 0 saturated heterocycles. The minimum Gasteiger partial charge on any atom is -0.504 e. The van der Waals surface area contributed by atoms with Gasteiger partial charge in [-0.05, 0) is 36.4 Å². The van der Waals surface area contributed by atoms with Gasteiger partial charge in [0, 0.05) is 16.5 Å². The van der Waals surface area contributed by atoms with Crippen molar-refractivity contribution in [1.29, 1.82) is 0 Å². The van der Waals surface area contributed by atoms with Crippen molar-refractivity contribution in [2.24, 2.45) is 0 Å². The van der Waals surface area contributed by atoms with Crippen molar-refractivity contribution >= 4 is 17.2 Å². The number of amides is 1. The molecule has 132 valence electrons. The highest BCUT2D eigenvalue weighted by Crippen LogP contribution is 2.33. The average molecular weight is 370 g/mol. The number of carbonyl (C=O) groups excluding carboxylic acids is 1. The van der Waals surface area contributed by atoms with Gasteiger partial charge in [0.25, 0.3) is 5.91 Å². The average Bonchev–Trinajstić information content (AvgIpc) is 3.30. The summed E-state index contributed by atoms with van der Waals surface area (Å²) < 4.78 is 10.5. The molecule has 8 heteroatoms. The summed E-state index contributed by atoms with van der Waals surface area (Å²) in [5, 5.41) is 24.3. The molecule has 0 saturated carbocycles. The van der Waals surface area contributed by atoms with E-state index >= 15 is 0 Å². The molecule has 2 heterocycles. The smallest absolute Gasteiger partial charge is 0.251 e. The molecule has 4 rings (SSSR count). The molecule has 7 nitrogen and oxygen atoms in total. The van der Waals surface area contributed by atoms with Gasteiger partial charge in [-0.15, -0.1) is 11.3 Å². The van der Waals surface area contributed by atoms with Crippen LogP contribution < -0.4 is 14.8 Å². The molecule has 0 fully saturated rings. The zero-order valence-corrected chi connectivity index (χ0v) is 14.2. The van der Waals surface area contributed by atoms with Crippen LogP contribution >= 0.6 is 11.3 Å². The van der Waals surface area contributed by atoms with E-state index in [0.717, 1.165) is 5.01 Å². The number of nitrogens with zero attached hydrogens (tertiary/aromatic N) is 1. The first kappa shape index (κ1) is 16.2. The Morgan fingerprint density at radius 1 is 1.12 bits per heavy atom. The molecule has 3 N–H and O–H groups in total. The zero-order valence-electron chi connectivity index (χ0n) is 13.4. The van der Waals surface area contributed by atoms with Crippen LogP contribution in [0.15, 0.2) is 41.8 Å². The van der Waals surface area contributed by atoms with Crippen molar-refractivity contribution in [3.8, 4) is 34.3 Å². The summed E-state index contributed by atoms with van der Waals surface area (Å²) in [6, 6.07) is 9.54. The molecule has 0 atom stereocenters. The van der Waals surface area contributed by atoms with Crippen molar-refractivity contribution in [3.63, 3.8) is 0 Å². The Balaban J connectivity index is 1.43. The Bertz CT molecular complexity index is 985. The summed E-state index contributed by atoms with van der Waals surface area (Å²) in [6.07, 6.45) is 0. The van der Waals surface area contributed by atoms with E-state index in [4.69, 9.17) is 9.47 Å². The highest BCUT2D eigenvalue weighted by molar-refractivity contribution is 7.09. The number of ether oxygens (including phenoxy) is 2. The second kappa shape index (κ2) is 6.57. The van der Waals surface area contributed by atoms with Crippen molar-refractivity contribution in [2.45, 2.75) is 6.54 Å². The first-order chi connectivity index (χ1) is 12.6. The molecular formula is C18H14N2O5S. The zero-order chi connectivity index (χ0) is 18.1. The molecule has 1 aliphatic rings. The van der Waals surface area contributed by atoms with E-state index in [2.05, 4.69) is 10.3 Å². The number of hydrogen-bond acceptors (Lipinski definition) is 7. The molecule has 0 bridgehead atoms. The summed E-state index contributed by atoms with van der Waals surface area (Å²) in [7, 11) is 0. The molecule has 0 radical (unpaired) electrons. The fourth-order valence-corrected chi connectivity index (χ4v) is 3.25. The number of nitrogens with one attached hydrogen (secondary N) is 1. The van der Waals surface area contributed by atoms with Crippen LogP contribution in [0.3, 0.4) is 0 Å². The van der Waals surface area contributed by atoms with Gasteiger partial charge in [-0.1, -0.05) is 0 Å². The lowest BCUT2D eigenvalue weighted by atomic mass is 10.1. The third-order valence-electron chi connectivity index (χ3n) is 3.86. The van der Waals surface area contributed by atoms with E-state index in [9.17, 15) is 15.0 Å². The van der Waals surface area contributed by atoms with Crippen LogP contribution in [0.5, 0.6) is 23.0 Å². The van der Waals surface area contributed by atoms with E-state index in [1.165, 1.54) is 23.5 Å². The summed E-state index contributed by atoms with van der Waals surface area (Å²) >= 11 is 1.40. The highest BCUT2D eigenvalue weighted by Gasteiger charge is 2.16. The van der Waals surface area contributed by atoms with Crippen LogP contribution in [-0.4, -0.2) is 27.9 Å². The van der Waals surface area contributed by atoms with E-state index < -0.39 is 0 Å². The maximum Gasteiger partial charge on any atom is 0.251 e. The van der Waals surface area contributed by atoms with Crippen molar-refractivity contribution in [3.05, 3.63) is 52.3 Å². The predicted octanol–water partition coefficient (Wildman–Crippen LogP) is 2.88. The standard InChI is InChI=1S/C18H14N2O5S/c21-13-3-1-10(5-14(13)22)12-8-26-17(20-12)7-19-18(23)11-2-4-15-16(6-11)25-9-24-15/h1-6,8,21-22H,7,9H2,(H,19,23). The van der Waals surface area contributed by atoms with Crippen molar-refractivity contribution in [1.82, 2.24) is 10.3 Å². The number of hydrogen-bond donors (Lipinski definition) is 3. The number of rotatable bonds is 4. The summed E-state index contributed by atoms with van der Waals surface area (Å²) in [5.41, 5.74) is 1.83. The fourth-order valence-electron chi connectivity index (χ4n) is 2.50. The third kappa shape index (κ3) is 3.14. The van der Waals surface area contributed by atoms with Gasteiger partial charge in [0.1, 0.15) is 5.01 Å². The number of carbonyl (C=O) groups is 1. The van der Waals surface area contributed by atoms with E-state index in [1.54, 1.807) is 24.3 Å². The molecule has 2 aromatic carbocycles. The van der Waals surface area contributed by atoms with E-state index in [1.807, 2.05) is 5.38 Å². The maximum atomic E-state index is 12.3. The van der Waals surface area contributed by atoms with Gasteiger partial charge >= 0.3 is 0 Å². The largest absolute Gasteiger partial charge is 0.504 e. The normalized spacial score (nSPS) is 12.2. The van der Waals surface area contributed by atoms with Gasteiger partial charge in [0.2, 0.25) is 6.79 Å². The molecule has 1 amide bonds. The van der Waals surface area contributed by atoms with Gasteiger partial charge in [0.15, 0.2) is 23.0 Å². The second-order valence-corrected chi connectivity index (χ2v) is 6.52. The lowest BCUT2D eigenvalue weighted by molar-refractivity contribution is 0.0950. The SMILES string of the molecule is O=C(NCc1nc(-c2ccc(O)c(O)c2)cs1)c1ccc2c(c1)OCO2. The molecule has 0 spiro atoms. The quantitative estimate of drug-likeness (QED) is 0.611. The summed E-state index contributed by atoms with van der Waals surface area (Å²) in [6.45, 7) is 0.442. The second-order valence-electron chi connectivity index (χ2n) is 5.58. The van der Waals surface area contributed by atoms with Crippen LogP contribution in [0.25, 0.3) is 11.3 Å². The first-order valence-electron chi connectivity index (χ1n) is 7.75. The van der Waals surface area contributed by atoms with E-state index in [0.29, 0.717) is 28.3 Å². The molecular weight excluding hydrogens is 356 g/mol. The third-order valence-corrected chi connectivity index (χ3v) is 4.71. The molecule has 1 aliphatic heterocycles.